The summed E-state index contributed by atoms with van der Waals surface area (Å²) < 4.78 is 18.5. The molecule has 0 radical (unpaired) electrons. The van der Waals surface area contributed by atoms with Gasteiger partial charge in [-0.1, -0.05) is 18.2 Å². The van der Waals surface area contributed by atoms with Crippen LogP contribution in [-0.4, -0.2) is 47.6 Å². The standard InChI is InChI=1S/C17H21FN2O6/c1-3-26-15(22)9-14(17(24)25)20-16(23)13(19-10(2)21)8-11-6-4-5-7-12(11)18/h4-7,13-14H,3,8-9H2,1-2H3,(H,19,21)(H,20,23)(H,24,25)/t13-,14-/m1/s1. The fraction of sp³-hybridized carbons (Fsp3) is 0.412. The number of benzene rings is 1. The summed E-state index contributed by atoms with van der Waals surface area (Å²) in [5, 5.41) is 13.7. The summed E-state index contributed by atoms with van der Waals surface area (Å²) in [6, 6.07) is 2.98. The van der Waals surface area contributed by atoms with Crippen molar-refractivity contribution in [3.63, 3.8) is 0 Å². The van der Waals surface area contributed by atoms with Crippen molar-refractivity contribution in [1.29, 1.82) is 0 Å². The second kappa shape index (κ2) is 10.1. The molecule has 26 heavy (non-hydrogen) atoms. The normalized spacial score (nSPS) is 12.6. The third kappa shape index (κ3) is 6.88. The molecule has 0 saturated heterocycles. The minimum absolute atomic E-state index is 0.0704. The number of rotatable bonds is 9. The van der Waals surface area contributed by atoms with Gasteiger partial charge in [0.25, 0.3) is 0 Å². The van der Waals surface area contributed by atoms with Crippen LogP contribution in [0.4, 0.5) is 4.39 Å². The molecular formula is C17H21FN2O6. The maximum absolute atomic E-state index is 13.8. The molecule has 0 heterocycles. The molecule has 1 aromatic rings. The smallest absolute Gasteiger partial charge is 0.326 e. The molecule has 8 nitrogen and oxygen atoms in total. The van der Waals surface area contributed by atoms with Crippen molar-refractivity contribution in [1.82, 2.24) is 10.6 Å². The van der Waals surface area contributed by atoms with E-state index < -0.39 is 48.1 Å². The fourth-order valence-corrected chi connectivity index (χ4v) is 2.20. The molecule has 0 saturated carbocycles. The van der Waals surface area contributed by atoms with Crippen molar-refractivity contribution in [2.45, 2.75) is 38.8 Å². The zero-order chi connectivity index (χ0) is 19.7. The Hall–Kier alpha value is -2.97. The third-order valence-corrected chi connectivity index (χ3v) is 3.37. The summed E-state index contributed by atoms with van der Waals surface area (Å²) in [5.41, 5.74) is 0.179. The molecule has 0 spiro atoms. The fourth-order valence-electron chi connectivity index (χ4n) is 2.20. The highest BCUT2D eigenvalue weighted by molar-refractivity contribution is 5.91. The number of nitrogens with one attached hydrogen (secondary N) is 2. The molecule has 0 bridgehead atoms. The first-order valence-corrected chi connectivity index (χ1v) is 7.93. The van der Waals surface area contributed by atoms with E-state index in [0.29, 0.717) is 0 Å². The van der Waals surface area contributed by atoms with E-state index in [1.54, 1.807) is 13.0 Å². The average molecular weight is 368 g/mol. The Bertz CT molecular complexity index is 679. The second-order valence-corrected chi connectivity index (χ2v) is 5.46. The van der Waals surface area contributed by atoms with Crippen LogP contribution in [0, 0.1) is 5.82 Å². The van der Waals surface area contributed by atoms with Gasteiger partial charge < -0.3 is 20.5 Å². The van der Waals surface area contributed by atoms with Gasteiger partial charge in [0.15, 0.2) is 0 Å². The summed E-state index contributed by atoms with van der Waals surface area (Å²) in [6.45, 7) is 2.81. The molecule has 2 amide bonds. The highest BCUT2D eigenvalue weighted by atomic mass is 19.1. The maximum Gasteiger partial charge on any atom is 0.326 e. The lowest BCUT2D eigenvalue weighted by Crippen LogP contribution is -2.52. The monoisotopic (exact) mass is 368 g/mol. The Morgan fingerprint density at radius 2 is 1.81 bits per heavy atom. The summed E-state index contributed by atoms with van der Waals surface area (Å²) in [4.78, 5) is 46.5. The Balaban J connectivity index is 2.89. The van der Waals surface area contributed by atoms with Gasteiger partial charge in [-0.05, 0) is 18.6 Å². The molecule has 1 aromatic carbocycles. The van der Waals surface area contributed by atoms with Gasteiger partial charge in [-0.25, -0.2) is 9.18 Å². The lowest BCUT2D eigenvalue weighted by Gasteiger charge is -2.21. The molecule has 3 N–H and O–H groups in total. The van der Waals surface area contributed by atoms with Gasteiger partial charge in [0, 0.05) is 13.3 Å². The first kappa shape index (κ1) is 21.1. The number of aliphatic carboxylic acids is 1. The van der Waals surface area contributed by atoms with Crippen LogP contribution in [0.2, 0.25) is 0 Å². The Labute approximate surface area is 149 Å². The second-order valence-electron chi connectivity index (χ2n) is 5.46. The lowest BCUT2D eigenvalue weighted by molar-refractivity contribution is -0.150. The van der Waals surface area contributed by atoms with E-state index in [1.165, 1.54) is 25.1 Å². The molecule has 0 aliphatic carbocycles. The number of carbonyl (C=O) groups is 4. The van der Waals surface area contributed by atoms with Gasteiger partial charge >= 0.3 is 11.9 Å². The molecule has 0 aliphatic heterocycles. The highest BCUT2D eigenvalue weighted by Crippen LogP contribution is 2.10. The number of hydrogen-bond donors (Lipinski definition) is 3. The number of carbonyl (C=O) groups excluding carboxylic acids is 3. The number of amides is 2. The number of carboxylic acid groups (broad SMARTS) is 1. The minimum atomic E-state index is -1.53. The van der Waals surface area contributed by atoms with E-state index in [0.717, 1.165) is 0 Å². The van der Waals surface area contributed by atoms with E-state index in [4.69, 9.17) is 5.11 Å². The number of halogens is 1. The molecule has 2 atom stereocenters. The van der Waals surface area contributed by atoms with E-state index in [9.17, 15) is 23.6 Å². The molecule has 0 aliphatic rings. The number of ether oxygens (including phenoxy) is 1. The minimum Gasteiger partial charge on any atom is -0.480 e. The first-order chi connectivity index (χ1) is 12.2. The van der Waals surface area contributed by atoms with Gasteiger partial charge in [0.2, 0.25) is 11.8 Å². The molecular weight excluding hydrogens is 347 g/mol. The largest absolute Gasteiger partial charge is 0.480 e. The van der Waals surface area contributed by atoms with Crippen molar-refractivity contribution >= 4 is 23.8 Å². The van der Waals surface area contributed by atoms with Gasteiger partial charge in [-0.3, -0.25) is 14.4 Å². The van der Waals surface area contributed by atoms with Gasteiger partial charge in [0.05, 0.1) is 13.0 Å². The number of carboxylic acids is 1. The van der Waals surface area contributed by atoms with Crippen molar-refractivity contribution in [2.24, 2.45) is 0 Å². The van der Waals surface area contributed by atoms with Crippen LogP contribution >= 0.6 is 0 Å². The van der Waals surface area contributed by atoms with E-state index >= 15 is 0 Å². The van der Waals surface area contributed by atoms with Gasteiger partial charge in [0.1, 0.15) is 17.9 Å². The number of esters is 1. The molecule has 0 fully saturated rings. The summed E-state index contributed by atoms with van der Waals surface area (Å²) in [6.07, 6.45) is -0.745. The zero-order valence-corrected chi connectivity index (χ0v) is 14.5. The predicted octanol–water partition coefficient (Wildman–Crippen LogP) is 0.395. The van der Waals surface area contributed by atoms with Crippen molar-refractivity contribution < 1.29 is 33.4 Å². The van der Waals surface area contributed by atoms with E-state index in [2.05, 4.69) is 15.4 Å². The Kier molecular flexibility index (Phi) is 8.20. The molecule has 142 valence electrons. The van der Waals surface area contributed by atoms with Gasteiger partial charge in [-0.2, -0.15) is 0 Å². The molecule has 0 aromatic heterocycles. The predicted molar refractivity (Wildman–Crippen MR) is 88.5 cm³/mol. The molecule has 1 rings (SSSR count). The summed E-state index contributed by atoms with van der Waals surface area (Å²) in [5.74, 6) is -4.17. The molecule has 9 heteroatoms. The average Bonchev–Trinajstić information content (AvgIpc) is 2.55. The van der Waals surface area contributed by atoms with Crippen LogP contribution < -0.4 is 10.6 Å². The van der Waals surface area contributed by atoms with Crippen molar-refractivity contribution in [3.05, 3.63) is 35.6 Å². The zero-order valence-electron chi connectivity index (χ0n) is 14.5. The van der Waals surface area contributed by atoms with E-state index in [-0.39, 0.29) is 18.6 Å². The quantitative estimate of drug-likeness (QED) is 0.542. The third-order valence-electron chi connectivity index (χ3n) is 3.37. The summed E-state index contributed by atoms with van der Waals surface area (Å²) >= 11 is 0. The highest BCUT2D eigenvalue weighted by Gasteiger charge is 2.28. The van der Waals surface area contributed by atoms with Gasteiger partial charge in [-0.15, -0.1) is 0 Å². The maximum atomic E-state index is 13.8. The lowest BCUT2D eigenvalue weighted by atomic mass is 10.0. The summed E-state index contributed by atoms with van der Waals surface area (Å²) in [7, 11) is 0. The van der Waals surface area contributed by atoms with Crippen molar-refractivity contribution in [3.8, 4) is 0 Å². The number of hydrogen-bond acceptors (Lipinski definition) is 5. The topological polar surface area (TPSA) is 122 Å². The van der Waals surface area contributed by atoms with Crippen LogP contribution in [0.1, 0.15) is 25.8 Å². The van der Waals surface area contributed by atoms with Crippen LogP contribution in [-0.2, 0) is 30.3 Å². The SMILES string of the molecule is CCOC(=O)C[C@@H](NC(=O)[C@@H](Cc1ccccc1F)NC(C)=O)C(=O)O. The Morgan fingerprint density at radius 1 is 1.15 bits per heavy atom. The van der Waals surface area contributed by atoms with Crippen LogP contribution in [0.25, 0.3) is 0 Å². The Morgan fingerprint density at radius 3 is 2.35 bits per heavy atom. The van der Waals surface area contributed by atoms with Crippen LogP contribution in [0.15, 0.2) is 24.3 Å². The van der Waals surface area contributed by atoms with Crippen molar-refractivity contribution in [2.75, 3.05) is 6.61 Å². The first-order valence-electron chi connectivity index (χ1n) is 7.93. The van der Waals surface area contributed by atoms with Crippen LogP contribution in [0.5, 0.6) is 0 Å². The molecule has 0 unspecified atom stereocenters. The van der Waals surface area contributed by atoms with E-state index in [1.807, 2.05) is 0 Å². The van der Waals surface area contributed by atoms with Crippen LogP contribution in [0.3, 0.4) is 0 Å².